The number of carboxylic acid groups (broad SMARTS) is 1. The first-order chi connectivity index (χ1) is 19.7. The van der Waals surface area contributed by atoms with Crippen molar-refractivity contribution >= 4 is 30.1 Å². The highest BCUT2D eigenvalue weighted by atomic mass is 16.7. The van der Waals surface area contributed by atoms with Gasteiger partial charge in [0.25, 0.3) is 5.79 Å². The summed E-state index contributed by atoms with van der Waals surface area (Å²) in [6, 6.07) is 7.33. The highest BCUT2D eigenvalue weighted by Gasteiger charge is 2.74. The van der Waals surface area contributed by atoms with Crippen LogP contribution < -0.4 is 0 Å². The third kappa shape index (κ3) is 5.49. The summed E-state index contributed by atoms with van der Waals surface area (Å²) < 4.78 is 10.7. The fraction of sp³-hybridized carbons (Fsp3) is 0.345. The molecule has 0 radical (unpaired) electrons. The molecule has 224 valence electrons. The van der Waals surface area contributed by atoms with E-state index < -0.39 is 76.3 Å². The summed E-state index contributed by atoms with van der Waals surface area (Å²) in [5.74, 6) is -8.85. The molecule has 0 bridgehead atoms. The molecular formula is C29H30O13. The lowest BCUT2D eigenvalue weighted by Crippen LogP contribution is -2.75. The van der Waals surface area contributed by atoms with E-state index in [-0.39, 0.29) is 24.0 Å². The van der Waals surface area contributed by atoms with Gasteiger partial charge in [0, 0.05) is 18.6 Å². The fourth-order valence-electron chi connectivity index (χ4n) is 5.68. The van der Waals surface area contributed by atoms with Gasteiger partial charge in [-0.05, 0) is 60.4 Å². The van der Waals surface area contributed by atoms with Crippen molar-refractivity contribution in [3.8, 4) is 23.0 Å². The molecule has 4 rings (SSSR count). The third-order valence-corrected chi connectivity index (χ3v) is 7.84. The lowest BCUT2D eigenvalue weighted by molar-refractivity contribution is -0.350. The number of aliphatic carboxylic acids is 1. The Morgan fingerprint density at radius 1 is 0.786 bits per heavy atom. The van der Waals surface area contributed by atoms with E-state index in [1.54, 1.807) is 0 Å². The van der Waals surface area contributed by atoms with Crippen molar-refractivity contribution in [1.82, 2.24) is 0 Å². The van der Waals surface area contributed by atoms with Gasteiger partial charge < -0.3 is 50.3 Å². The molecule has 42 heavy (non-hydrogen) atoms. The topological polar surface area (TPSA) is 232 Å². The molecule has 13 heteroatoms. The van der Waals surface area contributed by atoms with Gasteiger partial charge in [0.05, 0.1) is 5.41 Å². The summed E-state index contributed by atoms with van der Waals surface area (Å²) in [4.78, 5) is 38.1. The quantitative estimate of drug-likeness (QED) is 0.0996. The highest BCUT2D eigenvalue weighted by Crippen LogP contribution is 2.59. The first kappa shape index (κ1) is 30.4. The number of aromatic hydroxyl groups is 4. The van der Waals surface area contributed by atoms with E-state index in [1.165, 1.54) is 24.3 Å². The van der Waals surface area contributed by atoms with E-state index in [1.807, 2.05) is 0 Å². The number of phenols is 4. The molecule has 0 heterocycles. The molecule has 2 saturated carbocycles. The van der Waals surface area contributed by atoms with Gasteiger partial charge in [-0.15, -0.1) is 0 Å². The van der Waals surface area contributed by atoms with Gasteiger partial charge in [-0.25, -0.2) is 14.4 Å². The number of hydrogen-bond acceptors (Lipinski definition) is 12. The molecule has 0 aromatic heterocycles. The molecule has 0 aliphatic heterocycles. The zero-order chi connectivity index (χ0) is 30.9. The molecule has 0 amide bonds. The largest absolute Gasteiger partial charge is 0.504 e. The maximum Gasteiger partial charge on any atom is 0.336 e. The predicted octanol–water partition coefficient (Wildman–Crippen LogP) is 1.52. The summed E-state index contributed by atoms with van der Waals surface area (Å²) in [6.07, 6.45) is -0.528. The second-order valence-electron chi connectivity index (χ2n) is 10.4. The van der Waals surface area contributed by atoms with Gasteiger partial charge in [-0.2, -0.15) is 0 Å². The van der Waals surface area contributed by atoms with Gasteiger partial charge in [0.1, 0.15) is 6.10 Å². The fourth-order valence-corrected chi connectivity index (χ4v) is 5.68. The van der Waals surface area contributed by atoms with Crippen LogP contribution in [0, 0.1) is 5.41 Å². The summed E-state index contributed by atoms with van der Waals surface area (Å²) in [6.45, 7) is 0. The van der Waals surface area contributed by atoms with E-state index in [2.05, 4.69) is 0 Å². The van der Waals surface area contributed by atoms with Crippen molar-refractivity contribution in [2.24, 2.45) is 5.41 Å². The van der Waals surface area contributed by atoms with Crippen LogP contribution >= 0.6 is 0 Å². The Morgan fingerprint density at radius 3 is 1.76 bits per heavy atom. The Kier molecular flexibility index (Phi) is 8.21. The lowest BCUT2D eigenvalue weighted by atomic mass is 9.57. The number of carbonyl (C=O) groups is 3. The van der Waals surface area contributed by atoms with E-state index >= 15 is 0 Å². The van der Waals surface area contributed by atoms with Crippen LogP contribution in [0.3, 0.4) is 0 Å². The molecular weight excluding hydrogens is 556 g/mol. The molecule has 2 aromatic carbocycles. The standard InChI is InChI=1S/C29H30O13/c30-18-7-3-16(13-20(18)32)5-9-23(35)41-25-27(11-1-2-12-27)28(39,26(37)38)15-22(34)29(25,40)42-24(36)10-6-17-4-8-19(31)21(33)14-17/h3-10,13-14,22,25,30-34,39-40H,1-2,11-12,15H2,(H,37,38). The Balaban J connectivity index is 1.68. The van der Waals surface area contributed by atoms with Gasteiger partial charge in [-0.3, -0.25) is 0 Å². The summed E-state index contributed by atoms with van der Waals surface area (Å²) in [5.41, 5.74) is -4.02. The number of hydrogen-bond donors (Lipinski definition) is 8. The number of aliphatic hydroxyl groups is 3. The van der Waals surface area contributed by atoms with Gasteiger partial charge in [0.15, 0.2) is 34.7 Å². The van der Waals surface area contributed by atoms with Crippen LogP contribution in [0.25, 0.3) is 12.2 Å². The minimum absolute atomic E-state index is 0.0570. The Hall–Kier alpha value is -4.59. The summed E-state index contributed by atoms with van der Waals surface area (Å²) >= 11 is 0. The Bertz CT molecular complexity index is 1440. The first-order valence-electron chi connectivity index (χ1n) is 12.9. The van der Waals surface area contributed by atoms with Gasteiger partial charge >= 0.3 is 17.9 Å². The molecule has 2 aromatic rings. The monoisotopic (exact) mass is 586 g/mol. The molecule has 2 fully saturated rings. The van der Waals surface area contributed by atoms with Crippen molar-refractivity contribution in [1.29, 1.82) is 0 Å². The van der Waals surface area contributed by atoms with Crippen molar-refractivity contribution in [2.45, 2.75) is 55.7 Å². The summed E-state index contributed by atoms with van der Waals surface area (Å²) in [5, 5.41) is 82.1. The Morgan fingerprint density at radius 2 is 1.29 bits per heavy atom. The van der Waals surface area contributed by atoms with Gasteiger partial charge in [-0.1, -0.05) is 25.0 Å². The molecule has 4 atom stereocenters. The van der Waals surface area contributed by atoms with Gasteiger partial charge in [0.2, 0.25) is 0 Å². The molecule has 13 nitrogen and oxygen atoms in total. The number of carbonyl (C=O) groups excluding carboxylic acids is 2. The maximum absolute atomic E-state index is 13.0. The number of ether oxygens (including phenoxy) is 2. The van der Waals surface area contributed by atoms with Crippen molar-refractivity contribution < 1.29 is 64.7 Å². The SMILES string of the molecule is O=C(C=Cc1ccc(O)c(O)c1)OC1C(O)(OC(=O)C=Cc2ccc(O)c(O)c2)C(O)CC(O)(C(=O)O)C12CCCC2. The smallest absolute Gasteiger partial charge is 0.336 e. The molecule has 4 unspecified atom stereocenters. The molecule has 2 aliphatic rings. The predicted molar refractivity (Wildman–Crippen MR) is 143 cm³/mol. The van der Waals surface area contributed by atoms with Crippen LogP contribution in [0.5, 0.6) is 23.0 Å². The molecule has 2 aliphatic carbocycles. The first-order valence-corrected chi connectivity index (χ1v) is 12.9. The number of esters is 2. The minimum Gasteiger partial charge on any atom is -0.504 e. The second kappa shape index (κ2) is 11.4. The van der Waals surface area contributed by atoms with Crippen LogP contribution in [-0.4, -0.2) is 82.4 Å². The maximum atomic E-state index is 13.0. The minimum atomic E-state index is -3.00. The van der Waals surface area contributed by atoms with E-state index in [0.29, 0.717) is 12.8 Å². The van der Waals surface area contributed by atoms with Crippen LogP contribution in [0.1, 0.15) is 43.2 Å². The van der Waals surface area contributed by atoms with Crippen LogP contribution in [0.15, 0.2) is 48.6 Å². The summed E-state index contributed by atoms with van der Waals surface area (Å²) in [7, 11) is 0. The van der Waals surface area contributed by atoms with E-state index in [4.69, 9.17) is 9.47 Å². The van der Waals surface area contributed by atoms with Crippen LogP contribution in [0.4, 0.5) is 0 Å². The highest BCUT2D eigenvalue weighted by molar-refractivity contribution is 5.89. The molecule has 0 saturated heterocycles. The van der Waals surface area contributed by atoms with Crippen molar-refractivity contribution in [2.75, 3.05) is 0 Å². The Labute approximate surface area is 238 Å². The van der Waals surface area contributed by atoms with Crippen molar-refractivity contribution in [3.05, 3.63) is 59.7 Å². The van der Waals surface area contributed by atoms with Crippen LogP contribution in [-0.2, 0) is 23.9 Å². The molecule has 1 spiro atoms. The number of carboxylic acids is 1. The number of rotatable bonds is 7. The number of benzene rings is 2. The van der Waals surface area contributed by atoms with E-state index in [9.17, 15) is 55.2 Å². The van der Waals surface area contributed by atoms with Crippen LogP contribution in [0.2, 0.25) is 0 Å². The zero-order valence-electron chi connectivity index (χ0n) is 22.1. The average Bonchev–Trinajstić information content (AvgIpc) is 3.43. The third-order valence-electron chi connectivity index (χ3n) is 7.84. The normalized spacial score (nSPS) is 26.9. The number of phenolic OH excluding ortho intramolecular Hbond substituents is 4. The molecule has 8 N–H and O–H groups in total. The lowest BCUT2D eigenvalue weighted by Gasteiger charge is -2.56. The zero-order valence-corrected chi connectivity index (χ0v) is 22.1. The second-order valence-corrected chi connectivity index (χ2v) is 10.4. The van der Waals surface area contributed by atoms with Crippen molar-refractivity contribution in [3.63, 3.8) is 0 Å². The van der Waals surface area contributed by atoms with E-state index in [0.717, 1.165) is 36.4 Å². The number of aliphatic hydroxyl groups excluding tert-OH is 1. The average molecular weight is 587 g/mol.